The molecule has 0 amide bonds. The fourth-order valence-electron chi connectivity index (χ4n) is 1.83. The molecule has 2 N–H and O–H groups in total. The first-order valence-corrected chi connectivity index (χ1v) is 6.64. The van der Waals surface area contributed by atoms with Crippen LogP contribution in [0.3, 0.4) is 0 Å². The number of hydrogen-bond acceptors (Lipinski definition) is 5. The van der Waals surface area contributed by atoms with Gasteiger partial charge in [0.05, 0.1) is 30.6 Å². The summed E-state index contributed by atoms with van der Waals surface area (Å²) in [5, 5.41) is 8.99. The predicted octanol–water partition coefficient (Wildman–Crippen LogP) is 3.16. The Hall–Kier alpha value is -2.58. The standard InChI is InChI=1S/C16H17N3O2/c1-3-15(18)16-5-4-12(10-19-16)21-14-7-11(9-17)6-13(8-14)20-2/h4-8,10,15H,3,18H2,1-2H3/t15-/m1/s1. The van der Waals surface area contributed by atoms with Crippen LogP contribution in [-0.2, 0) is 0 Å². The highest BCUT2D eigenvalue weighted by Crippen LogP contribution is 2.27. The summed E-state index contributed by atoms with van der Waals surface area (Å²) in [6.07, 6.45) is 2.45. The molecule has 5 heteroatoms. The fourth-order valence-corrected chi connectivity index (χ4v) is 1.83. The van der Waals surface area contributed by atoms with Gasteiger partial charge in [0.25, 0.3) is 0 Å². The SMILES string of the molecule is CC[C@@H](N)c1ccc(Oc2cc(C#N)cc(OC)c2)cn1. The van der Waals surface area contributed by atoms with Gasteiger partial charge < -0.3 is 15.2 Å². The molecule has 0 bridgehead atoms. The van der Waals surface area contributed by atoms with Crippen molar-refractivity contribution in [2.75, 3.05) is 7.11 Å². The van der Waals surface area contributed by atoms with Gasteiger partial charge in [0.1, 0.15) is 17.2 Å². The molecular weight excluding hydrogens is 266 g/mol. The maximum Gasteiger partial charge on any atom is 0.145 e. The number of benzene rings is 1. The van der Waals surface area contributed by atoms with Crippen molar-refractivity contribution in [2.45, 2.75) is 19.4 Å². The molecule has 0 aliphatic heterocycles. The van der Waals surface area contributed by atoms with E-state index in [9.17, 15) is 0 Å². The zero-order valence-electron chi connectivity index (χ0n) is 12.0. The normalized spacial score (nSPS) is 11.5. The second kappa shape index (κ2) is 6.73. The number of aromatic nitrogens is 1. The predicted molar refractivity (Wildman–Crippen MR) is 79.2 cm³/mol. The quantitative estimate of drug-likeness (QED) is 0.911. The Morgan fingerprint density at radius 1 is 1.24 bits per heavy atom. The molecule has 0 radical (unpaired) electrons. The van der Waals surface area contributed by atoms with Gasteiger partial charge in [-0.05, 0) is 30.7 Å². The van der Waals surface area contributed by atoms with Crippen molar-refractivity contribution in [3.63, 3.8) is 0 Å². The number of methoxy groups -OCH3 is 1. The molecular formula is C16H17N3O2. The molecule has 2 aromatic rings. The molecule has 0 saturated carbocycles. The van der Waals surface area contributed by atoms with Gasteiger partial charge >= 0.3 is 0 Å². The third-order valence-corrected chi connectivity index (χ3v) is 3.06. The van der Waals surface area contributed by atoms with Crippen LogP contribution >= 0.6 is 0 Å². The molecule has 1 aromatic heterocycles. The van der Waals surface area contributed by atoms with Crippen molar-refractivity contribution in [3.05, 3.63) is 47.8 Å². The Morgan fingerprint density at radius 3 is 2.57 bits per heavy atom. The molecule has 21 heavy (non-hydrogen) atoms. The van der Waals surface area contributed by atoms with E-state index in [0.717, 1.165) is 12.1 Å². The minimum Gasteiger partial charge on any atom is -0.497 e. The molecule has 0 unspecified atom stereocenters. The summed E-state index contributed by atoms with van der Waals surface area (Å²) in [6, 6.07) is 10.7. The Morgan fingerprint density at radius 2 is 2.00 bits per heavy atom. The number of ether oxygens (including phenoxy) is 2. The lowest BCUT2D eigenvalue weighted by Gasteiger charge is -2.10. The van der Waals surface area contributed by atoms with Crippen molar-refractivity contribution in [2.24, 2.45) is 5.73 Å². The van der Waals surface area contributed by atoms with E-state index in [1.54, 1.807) is 31.5 Å². The van der Waals surface area contributed by atoms with Gasteiger partial charge in [0, 0.05) is 12.1 Å². The van der Waals surface area contributed by atoms with Crippen LogP contribution in [0, 0.1) is 11.3 Å². The number of nitrogens with two attached hydrogens (primary N) is 1. The van der Waals surface area contributed by atoms with Gasteiger partial charge in [0.2, 0.25) is 0 Å². The minimum atomic E-state index is -0.0685. The van der Waals surface area contributed by atoms with E-state index in [-0.39, 0.29) is 6.04 Å². The maximum absolute atomic E-state index is 8.99. The topological polar surface area (TPSA) is 81.2 Å². The summed E-state index contributed by atoms with van der Waals surface area (Å²) in [4.78, 5) is 4.28. The van der Waals surface area contributed by atoms with Gasteiger partial charge in [-0.25, -0.2) is 0 Å². The Kier molecular flexibility index (Phi) is 4.75. The van der Waals surface area contributed by atoms with E-state index in [2.05, 4.69) is 11.1 Å². The molecule has 5 nitrogen and oxygen atoms in total. The van der Waals surface area contributed by atoms with E-state index < -0.39 is 0 Å². The van der Waals surface area contributed by atoms with Crippen LogP contribution in [-0.4, -0.2) is 12.1 Å². The summed E-state index contributed by atoms with van der Waals surface area (Å²) in [5.74, 6) is 1.68. The van der Waals surface area contributed by atoms with Gasteiger partial charge in [0.15, 0.2) is 0 Å². The molecule has 108 valence electrons. The molecule has 0 aliphatic carbocycles. The largest absolute Gasteiger partial charge is 0.497 e. The molecule has 2 rings (SSSR count). The fraction of sp³-hybridized carbons (Fsp3) is 0.250. The summed E-state index contributed by atoms with van der Waals surface area (Å²) in [7, 11) is 1.54. The van der Waals surface area contributed by atoms with Crippen LogP contribution in [0.5, 0.6) is 17.2 Å². The monoisotopic (exact) mass is 283 g/mol. The average Bonchev–Trinajstić information content (AvgIpc) is 2.54. The van der Waals surface area contributed by atoms with Crippen molar-refractivity contribution in [1.29, 1.82) is 5.26 Å². The van der Waals surface area contributed by atoms with Gasteiger partial charge in [-0.3, -0.25) is 4.98 Å². The molecule has 1 heterocycles. The molecule has 0 fully saturated rings. The van der Waals surface area contributed by atoms with Crippen LogP contribution in [0.15, 0.2) is 36.5 Å². The Balaban J connectivity index is 2.20. The lowest BCUT2D eigenvalue weighted by molar-refractivity contribution is 0.408. The molecule has 1 atom stereocenters. The summed E-state index contributed by atoms with van der Waals surface area (Å²) >= 11 is 0. The summed E-state index contributed by atoms with van der Waals surface area (Å²) in [5.41, 5.74) is 7.22. The van der Waals surface area contributed by atoms with Gasteiger partial charge in [-0.1, -0.05) is 6.92 Å². The van der Waals surface area contributed by atoms with Crippen molar-refractivity contribution < 1.29 is 9.47 Å². The maximum atomic E-state index is 8.99. The Bertz CT molecular complexity index is 648. The zero-order chi connectivity index (χ0) is 15.2. The van der Waals surface area contributed by atoms with Crippen LogP contribution in [0.4, 0.5) is 0 Å². The Labute approximate surface area is 123 Å². The van der Waals surface area contributed by atoms with E-state index in [1.807, 2.05) is 19.1 Å². The van der Waals surface area contributed by atoms with Crippen molar-refractivity contribution >= 4 is 0 Å². The van der Waals surface area contributed by atoms with E-state index in [4.69, 9.17) is 20.5 Å². The smallest absolute Gasteiger partial charge is 0.145 e. The molecule has 0 saturated heterocycles. The van der Waals surface area contributed by atoms with Crippen LogP contribution in [0.2, 0.25) is 0 Å². The van der Waals surface area contributed by atoms with Gasteiger partial charge in [-0.2, -0.15) is 5.26 Å². The van der Waals surface area contributed by atoms with E-state index in [1.165, 1.54) is 0 Å². The lowest BCUT2D eigenvalue weighted by Crippen LogP contribution is -2.10. The minimum absolute atomic E-state index is 0.0685. The number of hydrogen-bond donors (Lipinski definition) is 1. The number of rotatable bonds is 5. The van der Waals surface area contributed by atoms with E-state index >= 15 is 0 Å². The van der Waals surface area contributed by atoms with Gasteiger partial charge in [-0.15, -0.1) is 0 Å². The highest BCUT2D eigenvalue weighted by molar-refractivity contribution is 5.45. The van der Waals surface area contributed by atoms with Crippen molar-refractivity contribution in [3.8, 4) is 23.3 Å². The molecule has 0 aliphatic rings. The second-order valence-corrected chi connectivity index (χ2v) is 4.54. The summed E-state index contributed by atoms with van der Waals surface area (Å²) < 4.78 is 10.8. The third kappa shape index (κ3) is 3.71. The number of nitriles is 1. The molecule has 0 spiro atoms. The van der Waals surface area contributed by atoms with E-state index in [0.29, 0.717) is 22.8 Å². The highest BCUT2D eigenvalue weighted by atomic mass is 16.5. The van der Waals surface area contributed by atoms with Crippen LogP contribution in [0.25, 0.3) is 0 Å². The van der Waals surface area contributed by atoms with Crippen molar-refractivity contribution in [1.82, 2.24) is 4.98 Å². The number of pyridine rings is 1. The lowest BCUT2D eigenvalue weighted by atomic mass is 10.1. The first-order chi connectivity index (χ1) is 10.2. The third-order valence-electron chi connectivity index (χ3n) is 3.06. The van der Waals surface area contributed by atoms with Crippen LogP contribution < -0.4 is 15.2 Å². The first kappa shape index (κ1) is 14.8. The summed E-state index contributed by atoms with van der Waals surface area (Å²) in [6.45, 7) is 2.01. The zero-order valence-corrected chi connectivity index (χ0v) is 12.0. The van der Waals surface area contributed by atoms with Crippen LogP contribution in [0.1, 0.15) is 30.6 Å². The highest BCUT2D eigenvalue weighted by Gasteiger charge is 2.07. The molecule has 1 aromatic carbocycles. The first-order valence-electron chi connectivity index (χ1n) is 6.64. The number of nitrogens with zero attached hydrogens (tertiary/aromatic N) is 2. The average molecular weight is 283 g/mol. The second-order valence-electron chi connectivity index (χ2n) is 4.54.